The number of aryl methyl sites for hydroxylation is 1. The molecule has 1 unspecified atom stereocenters. The standard InChI is InChI=1S/C19H26ClN7/c1-3-27-10-4-5-16(12-27)23-17-11-13(2)22-19(25-17)26-18(21)24-15-8-6-14(20)7-9-15/h6-9,11,16H,3-5,10,12H2,1-2H3,(H4,21,22,23,24,25,26). The molecule has 4 N–H and O–H groups in total. The minimum absolute atomic E-state index is 0.226. The number of hydrogen-bond acceptors (Lipinski definition) is 5. The number of benzene rings is 1. The second-order valence-electron chi connectivity index (χ2n) is 6.70. The number of likely N-dealkylation sites (N-methyl/N-ethyl adjacent to an activating group) is 1. The quantitative estimate of drug-likeness (QED) is 0.538. The summed E-state index contributed by atoms with van der Waals surface area (Å²) in [6.07, 6.45) is 2.33. The van der Waals surface area contributed by atoms with E-state index in [2.05, 4.69) is 37.4 Å². The Balaban J connectivity index is 1.69. The van der Waals surface area contributed by atoms with Crippen LogP contribution in [-0.4, -0.2) is 46.5 Å². The number of aromatic nitrogens is 2. The SMILES string of the molecule is CCN1CCCC(Nc2cc(C)nc(/N=C(\N)Nc3ccc(Cl)cc3)n2)C1. The molecule has 2 aromatic rings. The van der Waals surface area contributed by atoms with E-state index in [0.29, 0.717) is 17.0 Å². The van der Waals surface area contributed by atoms with Gasteiger partial charge in [0.2, 0.25) is 5.96 Å². The van der Waals surface area contributed by atoms with Crippen molar-refractivity contribution < 1.29 is 0 Å². The van der Waals surface area contributed by atoms with Crippen molar-refractivity contribution in [3.05, 3.63) is 41.0 Å². The van der Waals surface area contributed by atoms with Gasteiger partial charge in [0.05, 0.1) is 0 Å². The summed E-state index contributed by atoms with van der Waals surface area (Å²) in [5.41, 5.74) is 7.64. The topological polar surface area (TPSA) is 91.5 Å². The summed E-state index contributed by atoms with van der Waals surface area (Å²) < 4.78 is 0. The molecule has 0 bridgehead atoms. The summed E-state index contributed by atoms with van der Waals surface area (Å²) >= 11 is 5.89. The molecule has 3 rings (SSSR count). The highest BCUT2D eigenvalue weighted by Crippen LogP contribution is 2.18. The van der Waals surface area contributed by atoms with E-state index in [9.17, 15) is 0 Å². The fourth-order valence-electron chi connectivity index (χ4n) is 3.16. The van der Waals surface area contributed by atoms with Crippen molar-refractivity contribution in [2.75, 3.05) is 30.3 Å². The molecule has 1 saturated heterocycles. The molecular formula is C19H26ClN7. The van der Waals surface area contributed by atoms with Crippen LogP contribution in [-0.2, 0) is 0 Å². The molecule has 1 aromatic carbocycles. The monoisotopic (exact) mass is 387 g/mol. The van der Waals surface area contributed by atoms with Crippen molar-refractivity contribution in [3.8, 4) is 0 Å². The minimum atomic E-state index is 0.226. The van der Waals surface area contributed by atoms with Crippen LogP contribution in [0.1, 0.15) is 25.5 Å². The van der Waals surface area contributed by atoms with Crippen molar-refractivity contribution in [2.45, 2.75) is 32.7 Å². The fourth-order valence-corrected chi connectivity index (χ4v) is 3.29. The molecule has 1 atom stereocenters. The molecular weight excluding hydrogens is 362 g/mol. The van der Waals surface area contributed by atoms with Gasteiger partial charge in [0, 0.05) is 35.1 Å². The van der Waals surface area contributed by atoms with Crippen LogP contribution in [0.25, 0.3) is 0 Å². The number of rotatable bonds is 5. The van der Waals surface area contributed by atoms with Gasteiger partial charge in [0.1, 0.15) is 5.82 Å². The van der Waals surface area contributed by atoms with E-state index in [4.69, 9.17) is 17.3 Å². The highest BCUT2D eigenvalue weighted by Gasteiger charge is 2.19. The van der Waals surface area contributed by atoms with Gasteiger partial charge in [-0.25, -0.2) is 4.98 Å². The van der Waals surface area contributed by atoms with E-state index in [1.165, 1.54) is 13.0 Å². The van der Waals surface area contributed by atoms with Crippen molar-refractivity contribution in [2.24, 2.45) is 10.7 Å². The third kappa shape index (κ3) is 5.80. The Bertz CT molecular complexity index is 791. The molecule has 1 aliphatic heterocycles. The highest BCUT2D eigenvalue weighted by atomic mass is 35.5. The maximum Gasteiger partial charge on any atom is 0.254 e. The van der Waals surface area contributed by atoms with E-state index in [1.54, 1.807) is 12.1 Å². The number of piperidine rings is 1. The summed E-state index contributed by atoms with van der Waals surface area (Å²) in [6.45, 7) is 7.39. The third-order valence-electron chi connectivity index (χ3n) is 4.48. The average Bonchev–Trinajstić information content (AvgIpc) is 2.63. The Labute approximate surface area is 165 Å². The Morgan fingerprint density at radius 1 is 1.33 bits per heavy atom. The van der Waals surface area contributed by atoms with E-state index >= 15 is 0 Å². The maximum absolute atomic E-state index is 6.00. The van der Waals surface area contributed by atoms with Gasteiger partial charge in [-0.15, -0.1) is 0 Å². The predicted molar refractivity (Wildman–Crippen MR) is 112 cm³/mol. The van der Waals surface area contributed by atoms with Gasteiger partial charge < -0.3 is 21.3 Å². The lowest BCUT2D eigenvalue weighted by Crippen LogP contribution is -2.42. The van der Waals surface area contributed by atoms with Crippen LogP contribution in [0.3, 0.4) is 0 Å². The maximum atomic E-state index is 6.00. The van der Waals surface area contributed by atoms with Gasteiger partial charge in [-0.05, 0) is 57.1 Å². The largest absolute Gasteiger partial charge is 0.369 e. The van der Waals surface area contributed by atoms with Crippen LogP contribution in [0.2, 0.25) is 5.02 Å². The molecule has 144 valence electrons. The number of nitrogens with zero attached hydrogens (tertiary/aromatic N) is 4. The van der Waals surface area contributed by atoms with Crippen LogP contribution < -0.4 is 16.4 Å². The first-order valence-corrected chi connectivity index (χ1v) is 9.61. The molecule has 0 aliphatic carbocycles. The molecule has 27 heavy (non-hydrogen) atoms. The van der Waals surface area contributed by atoms with Crippen molar-refractivity contribution in [1.82, 2.24) is 14.9 Å². The Morgan fingerprint density at radius 2 is 2.11 bits per heavy atom. The number of nitrogens with two attached hydrogens (primary N) is 1. The molecule has 1 fully saturated rings. The summed E-state index contributed by atoms with van der Waals surface area (Å²) in [5.74, 6) is 1.34. The highest BCUT2D eigenvalue weighted by molar-refractivity contribution is 6.30. The molecule has 2 heterocycles. The van der Waals surface area contributed by atoms with Crippen molar-refractivity contribution >= 4 is 35.0 Å². The first-order chi connectivity index (χ1) is 13.0. The number of likely N-dealkylation sites (tertiary alicyclic amines) is 1. The first kappa shape index (κ1) is 19.4. The van der Waals surface area contributed by atoms with Gasteiger partial charge in [0.25, 0.3) is 5.95 Å². The molecule has 0 spiro atoms. The number of anilines is 2. The fraction of sp³-hybridized carbons (Fsp3) is 0.421. The molecule has 0 radical (unpaired) electrons. The van der Waals surface area contributed by atoms with Gasteiger partial charge in [-0.1, -0.05) is 18.5 Å². The molecule has 0 amide bonds. The van der Waals surface area contributed by atoms with Crippen LogP contribution >= 0.6 is 11.6 Å². The smallest absolute Gasteiger partial charge is 0.254 e. The van der Waals surface area contributed by atoms with E-state index < -0.39 is 0 Å². The van der Waals surface area contributed by atoms with Crippen molar-refractivity contribution in [3.63, 3.8) is 0 Å². The van der Waals surface area contributed by atoms with Crippen molar-refractivity contribution in [1.29, 1.82) is 0 Å². The zero-order valence-corrected chi connectivity index (χ0v) is 16.5. The van der Waals surface area contributed by atoms with Crippen LogP contribution in [0.5, 0.6) is 0 Å². The molecule has 1 aliphatic rings. The van der Waals surface area contributed by atoms with E-state index in [1.807, 2.05) is 25.1 Å². The molecule has 1 aromatic heterocycles. The number of nitrogens with one attached hydrogen (secondary N) is 2. The van der Waals surface area contributed by atoms with Gasteiger partial charge in [-0.3, -0.25) is 0 Å². The number of guanidine groups is 1. The van der Waals surface area contributed by atoms with Gasteiger partial charge in [-0.2, -0.15) is 9.98 Å². The normalized spacial score (nSPS) is 18.3. The lowest BCUT2D eigenvalue weighted by Gasteiger charge is -2.32. The predicted octanol–water partition coefficient (Wildman–Crippen LogP) is 3.39. The summed E-state index contributed by atoms with van der Waals surface area (Å²) in [7, 11) is 0. The molecule has 7 nitrogen and oxygen atoms in total. The van der Waals surface area contributed by atoms with Crippen LogP contribution in [0.15, 0.2) is 35.3 Å². The molecule has 0 saturated carbocycles. The van der Waals surface area contributed by atoms with Crippen LogP contribution in [0, 0.1) is 6.92 Å². The third-order valence-corrected chi connectivity index (χ3v) is 4.74. The zero-order chi connectivity index (χ0) is 19.2. The lowest BCUT2D eigenvalue weighted by molar-refractivity contribution is 0.226. The minimum Gasteiger partial charge on any atom is -0.369 e. The number of aliphatic imine (C=N–C) groups is 1. The Hall–Kier alpha value is -2.38. The van der Waals surface area contributed by atoms with Gasteiger partial charge in [0.15, 0.2) is 0 Å². The molecule has 8 heteroatoms. The number of hydrogen-bond donors (Lipinski definition) is 3. The van der Waals surface area contributed by atoms with E-state index in [0.717, 1.165) is 36.7 Å². The Kier molecular flexibility index (Phi) is 6.47. The summed E-state index contributed by atoms with van der Waals surface area (Å²) in [4.78, 5) is 15.6. The second kappa shape index (κ2) is 9.01. The van der Waals surface area contributed by atoms with Crippen LogP contribution in [0.4, 0.5) is 17.5 Å². The summed E-state index contributed by atoms with van der Waals surface area (Å²) in [6, 6.07) is 9.55. The average molecular weight is 388 g/mol. The summed E-state index contributed by atoms with van der Waals surface area (Å²) in [5, 5.41) is 7.20. The lowest BCUT2D eigenvalue weighted by atomic mass is 10.1. The number of halogens is 1. The Morgan fingerprint density at radius 3 is 2.85 bits per heavy atom. The van der Waals surface area contributed by atoms with E-state index in [-0.39, 0.29) is 5.96 Å². The second-order valence-corrected chi connectivity index (χ2v) is 7.14. The van der Waals surface area contributed by atoms with Gasteiger partial charge >= 0.3 is 0 Å². The zero-order valence-electron chi connectivity index (χ0n) is 15.7. The first-order valence-electron chi connectivity index (χ1n) is 9.23.